The largest absolute Gasteiger partial charge is 0.338 e. The van der Waals surface area contributed by atoms with E-state index in [1.54, 1.807) is 18.5 Å². The number of amides is 2. The number of likely N-dealkylation sites (tertiary alicyclic amines) is 1. The Hall–Kier alpha value is -1.80. The van der Waals surface area contributed by atoms with Gasteiger partial charge >= 0.3 is 0 Å². The molecule has 1 N–H and O–H groups in total. The van der Waals surface area contributed by atoms with Crippen molar-refractivity contribution in [1.29, 1.82) is 0 Å². The normalized spacial score (nSPS) is 15.6. The van der Waals surface area contributed by atoms with Crippen molar-refractivity contribution in [3.63, 3.8) is 0 Å². The number of piperidine rings is 1. The van der Waals surface area contributed by atoms with Crippen LogP contribution in [0.4, 0.5) is 5.82 Å². The Morgan fingerprint density at radius 3 is 2.44 bits per heavy atom. The highest BCUT2D eigenvalue weighted by Gasteiger charge is 2.29. The van der Waals surface area contributed by atoms with Gasteiger partial charge in [0, 0.05) is 35.1 Å². The summed E-state index contributed by atoms with van der Waals surface area (Å²) in [4.78, 5) is 36.2. The second kappa shape index (κ2) is 8.06. The molecule has 3 heterocycles. The van der Waals surface area contributed by atoms with Gasteiger partial charge in [-0.2, -0.15) is 0 Å². The quantitative estimate of drug-likeness (QED) is 0.763. The molecule has 0 aromatic carbocycles. The van der Waals surface area contributed by atoms with E-state index in [-0.39, 0.29) is 23.1 Å². The Bertz CT molecular complexity index is 821. The number of thiazole rings is 1. The average molecular weight is 451 g/mol. The fourth-order valence-corrected chi connectivity index (χ4v) is 4.07. The highest BCUT2D eigenvalue weighted by Crippen LogP contribution is 2.28. The molecule has 0 bridgehead atoms. The Labute approximate surface area is 171 Å². The number of rotatable bonds is 3. The summed E-state index contributed by atoms with van der Waals surface area (Å²) < 4.78 is 0.866. The van der Waals surface area contributed by atoms with Crippen LogP contribution in [0.1, 0.15) is 48.3 Å². The zero-order valence-corrected chi connectivity index (χ0v) is 18.1. The van der Waals surface area contributed by atoms with Crippen molar-refractivity contribution in [2.24, 2.45) is 5.92 Å². The Balaban J connectivity index is 1.55. The second-order valence-electron chi connectivity index (χ2n) is 7.70. The predicted molar refractivity (Wildman–Crippen MR) is 110 cm³/mol. The molecule has 144 valence electrons. The minimum Gasteiger partial charge on any atom is -0.338 e. The van der Waals surface area contributed by atoms with Crippen molar-refractivity contribution in [1.82, 2.24) is 14.9 Å². The van der Waals surface area contributed by atoms with Gasteiger partial charge in [0.05, 0.1) is 11.2 Å². The van der Waals surface area contributed by atoms with Gasteiger partial charge in [-0.25, -0.2) is 9.97 Å². The van der Waals surface area contributed by atoms with Crippen LogP contribution in [0.15, 0.2) is 29.0 Å². The van der Waals surface area contributed by atoms with Gasteiger partial charge in [0.1, 0.15) is 10.7 Å². The molecule has 0 saturated carbocycles. The molecule has 0 unspecified atom stereocenters. The molecule has 1 saturated heterocycles. The number of aromatic nitrogens is 2. The minimum atomic E-state index is -0.105. The molecule has 0 aliphatic carbocycles. The summed E-state index contributed by atoms with van der Waals surface area (Å²) in [5.41, 5.74) is -0.0602. The third-order valence-corrected chi connectivity index (χ3v) is 6.37. The molecular formula is C19H23BrN4O2S. The first-order valence-corrected chi connectivity index (χ1v) is 10.5. The lowest BCUT2D eigenvalue weighted by molar-refractivity contribution is -0.121. The maximum absolute atomic E-state index is 12.7. The number of hydrogen-bond donors (Lipinski definition) is 1. The van der Waals surface area contributed by atoms with Crippen molar-refractivity contribution < 1.29 is 9.59 Å². The first kappa shape index (κ1) is 19.9. The maximum atomic E-state index is 12.7. The minimum absolute atomic E-state index is 0.0106. The lowest BCUT2D eigenvalue weighted by atomic mass is 9.96. The second-order valence-corrected chi connectivity index (χ2v) is 9.64. The molecule has 6 nitrogen and oxygen atoms in total. The van der Waals surface area contributed by atoms with E-state index in [1.165, 1.54) is 11.3 Å². The number of carbonyl (C=O) groups is 2. The van der Waals surface area contributed by atoms with Crippen LogP contribution >= 0.6 is 27.3 Å². The first-order valence-electron chi connectivity index (χ1n) is 8.92. The fraction of sp³-hybridized carbons (Fsp3) is 0.474. The molecule has 2 amide bonds. The van der Waals surface area contributed by atoms with E-state index in [0.717, 1.165) is 9.48 Å². The highest BCUT2D eigenvalue weighted by atomic mass is 79.9. The number of carbonyl (C=O) groups excluding carboxylic acids is 2. The van der Waals surface area contributed by atoms with Crippen LogP contribution in [0.5, 0.6) is 0 Å². The molecule has 0 radical (unpaired) electrons. The summed E-state index contributed by atoms with van der Waals surface area (Å²) >= 11 is 4.78. The Morgan fingerprint density at radius 2 is 1.89 bits per heavy atom. The van der Waals surface area contributed by atoms with Gasteiger partial charge in [0.15, 0.2) is 0 Å². The molecule has 0 atom stereocenters. The number of halogens is 1. The number of nitrogens with one attached hydrogen (secondary N) is 1. The molecule has 2 aromatic rings. The van der Waals surface area contributed by atoms with E-state index in [1.807, 2.05) is 11.0 Å². The van der Waals surface area contributed by atoms with Crippen molar-refractivity contribution in [3.05, 3.63) is 38.9 Å². The summed E-state index contributed by atoms with van der Waals surface area (Å²) in [5, 5.41) is 3.81. The fourth-order valence-electron chi connectivity index (χ4n) is 2.90. The lowest BCUT2D eigenvalue weighted by Gasteiger charge is -2.30. The Kier molecular flexibility index (Phi) is 5.95. The number of hydrogen-bond acceptors (Lipinski definition) is 5. The zero-order chi connectivity index (χ0) is 19.6. The van der Waals surface area contributed by atoms with Crippen LogP contribution in [0.25, 0.3) is 0 Å². The summed E-state index contributed by atoms with van der Waals surface area (Å²) in [5.74, 6) is 0.410. The number of pyridine rings is 1. The lowest BCUT2D eigenvalue weighted by Crippen LogP contribution is -2.41. The van der Waals surface area contributed by atoms with Crippen molar-refractivity contribution in [2.45, 2.75) is 39.0 Å². The molecule has 2 aromatic heterocycles. The van der Waals surface area contributed by atoms with Crippen LogP contribution in [-0.2, 0) is 10.2 Å². The summed E-state index contributed by atoms with van der Waals surface area (Å²) in [6.07, 6.45) is 4.63. The number of anilines is 1. The van der Waals surface area contributed by atoms with Gasteiger partial charge < -0.3 is 10.2 Å². The third-order valence-electron chi connectivity index (χ3n) is 4.49. The van der Waals surface area contributed by atoms with E-state index >= 15 is 0 Å². The van der Waals surface area contributed by atoms with Gasteiger partial charge in [-0.3, -0.25) is 9.59 Å². The van der Waals surface area contributed by atoms with Crippen LogP contribution in [0.2, 0.25) is 0 Å². The molecule has 1 aliphatic heterocycles. The topological polar surface area (TPSA) is 75.2 Å². The SMILES string of the molecule is CC(C)(C)c1ncc(C(=O)N2CCC(C(=O)Nc3ccc(Br)cn3)CC2)s1. The molecule has 1 aliphatic rings. The summed E-state index contributed by atoms with van der Waals surface area (Å²) in [6.45, 7) is 7.42. The molecular weight excluding hydrogens is 428 g/mol. The van der Waals surface area contributed by atoms with Gasteiger partial charge in [0.2, 0.25) is 5.91 Å². The first-order chi connectivity index (χ1) is 12.7. The van der Waals surface area contributed by atoms with Crippen molar-refractivity contribution >= 4 is 44.9 Å². The third kappa shape index (κ3) is 4.93. The van der Waals surface area contributed by atoms with Crippen LogP contribution in [0.3, 0.4) is 0 Å². The summed E-state index contributed by atoms with van der Waals surface area (Å²) in [6, 6.07) is 3.60. The van der Waals surface area contributed by atoms with Crippen LogP contribution < -0.4 is 5.32 Å². The summed E-state index contributed by atoms with van der Waals surface area (Å²) in [7, 11) is 0. The van der Waals surface area contributed by atoms with Gasteiger partial charge in [-0.05, 0) is 40.9 Å². The van der Waals surface area contributed by atoms with Crippen molar-refractivity contribution in [3.8, 4) is 0 Å². The van der Waals surface area contributed by atoms with E-state index in [4.69, 9.17) is 0 Å². The predicted octanol–water partition coefficient (Wildman–Crippen LogP) is 4.09. The number of nitrogens with zero attached hydrogens (tertiary/aromatic N) is 3. The van der Waals surface area contributed by atoms with Crippen LogP contribution in [-0.4, -0.2) is 39.8 Å². The average Bonchev–Trinajstić information content (AvgIpc) is 3.14. The monoisotopic (exact) mass is 450 g/mol. The maximum Gasteiger partial charge on any atom is 0.265 e. The van der Waals surface area contributed by atoms with E-state index in [2.05, 4.69) is 52.0 Å². The Morgan fingerprint density at radius 1 is 1.19 bits per heavy atom. The highest BCUT2D eigenvalue weighted by molar-refractivity contribution is 9.10. The molecule has 8 heteroatoms. The molecule has 1 fully saturated rings. The van der Waals surface area contributed by atoms with E-state index < -0.39 is 0 Å². The van der Waals surface area contributed by atoms with E-state index in [0.29, 0.717) is 36.6 Å². The standard InChI is InChI=1S/C19H23BrN4O2S/c1-19(2,3)18-22-11-14(27-18)17(26)24-8-6-12(7-9-24)16(25)23-15-5-4-13(20)10-21-15/h4-5,10-12H,6-9H2,1-3H3,(H,21,23,25). The molecule has 0 spiro atoms. The van der Waals surface area contributed by atoms with Gasteiger partial charge in [-0.1, -0.05) is 20.8 Å². The van der Waals surface area contributed by atoms with Crippen molar-refractivity contribution in [2.75, 3.05) is 18.4 Å². The van der Waals surface area contributed by atoms with Crippen LogP contribution in [0, 0.1) is 5.92 Å². The van der Waals surface area contributed by atoms with E-state index in [9.17, 15) is 9.59 Å². The molecule has 27 heavy (non-hydrogen) atoms. The smallest absolute Gasteiger partial charge is 0.265 e. The van der Waals surface area contributed by atoms with Gasteiger partial charge in [0.25, 0.3) is 5.91 Å². The molecule has 3 rings (SSSR count). The zero-order valence-electron chi connectivity index (χ0n) is 15.7. The van der Waals surface area contributed by atoms with Gasteiger partial charge in [-0.15, -0.1) is 11.3 Å².